The van der Waals surface area contributed by atoms with Crippen molar-refractivity contribution in [3.05, 3.63) is 28.8 Å². The molecule has 2 N–H and O–H groups in total. The number of benzene rings is 1. The minimum absolute atomic E-state index is 0.0273. The van der Waals surface area contributed by atoms with E-state index in [2.05, 4.69) is 10.0 Å². The third-order valence-corrected chi connectivity index (χ3v) is 5.24. The van der Waals surface area contributed by atoms with Crippen molar-refractivity contribution in [3.63, 3.8) is 0 Å². The van der Waals surface area contributed by atoms with Crippen LogP contribution in [0.2, 0.25) is 5.02 Å². The van der Waals surface area contributed by atoms with Crippen LogP contribution in [0.3, 0.4) is 0 Å². The maximum absolute atomic E-state index is 12.1. The smallest absolute Gasteiger partial charge is 0.241 e. The number of sulfonamides is 1. The summed E-state index contributed by atoms with van der Waals surface area (Å²) in [6.45, 7) is 2.52. The molecule has 1 saturated heterocycles. The molecule has 1 atom stereocenters. The summed E-state index contributed by atoms with van der Waals surface area (Å²) < 4.78 is 31.9. The number of carbonyl (C=O) groups is 1. The molecule has 0 saturated carbocycles. The van der Waals surface area contributed by atoms with Gasteiger partial charge in [-0.25, -0.2) is 13.1 Å². The molecule has 0 aliphatic carbocycles. The summed E-state index contributed by atoms with van der Waals surface area (Å²) in [5.41, 5.74) is 0.660. The number of halogens is 1. The van der Waals surface area contributed by atoms with E-state index in [9.17, 15) is 13.2 Å². The van der Waals surface area contributed by atoms with E-state index in [4.69, 9.17) is 16.3 Å². The van der Waals surface area contributed by atoms with Gasteiger partial charge in [-0.2, -0.15) is 0 Å². The van der Waals surface area contributed by atoms with Crippen molar-refractivity contribution >= 4 is 27.5 Å². The van der Waals surface area contributed by atoms with Crippen molar-refractivity contribution in [3.8, 4) is 0 Å². The summed E-state index contributed by atoms with van der Waals surface area (Å²) in [6, 6.07) is 4.39. The van der Waals surface area contributed by atoms with Crippen LogP contribution in [0.15, 0.2) is 23.1 Å². The molecule has 1 aliphatic rings. The van der Waals surface area contributed by atoms with Crippen LogP contribution in [-0.2, 0) is 19.6 Å². The molecule has 1 aromatic rings. The van der Waals surface area contributed by atoms with E-state index in [1.165, 1.54) is 18.2 Å². The Morgan fingerprint density at radius 1 is 1.45 bits per heavy atom. The second kappa shape index (κ2) is 7.41. The van der Waals surface area contributed by atoms with Gasteiger partial charge in [-0.05, 0) is 43.5 Å². The molecule has 1 unspecified atom stereocenters. The van der Waals surface area contributed by atoms with E-state index in [1.54, 1.807) is 6.92 Å². The largest absolute Gasteiger partial charge is 0.376 e. The van der Waals surface area contributed by atoms with E-state index >= 15 is 0 Å². The second-order valence-corrected chi connectivity index (χ2v) is 7.35. The number of nitrogens with one attached hydrogen (secondary N) is 2. The average molecular weight is 347 g/mol. The SMILES string of the molecule is Cc1cc(S(=O)(=O)NCC(=O)NCC2CCCO2)ccc1Cl. The Kier molecular flexibility index (Phi) is 5.80. The molecule has 0 radical (unpaired) electrons. The number of hydrogen-bond donors (Lipinski definition) is 2. The van der Waals surface area contributed by atoms with Crippen LogP contribution in [0.1, 0.15) is 18.4 Å². The number of ether oxygens (including phenoxy) is 1. The molecule has 0 spiro atoms. The number of rotatable bonds is 6. The van der Waals surface area contributed by atoms with E-state index < -0.39 is 10.0 Å². The maximum atomic E-state index is 12.1. The summed E-state index contributed by atoms with van der Waals surface area (Å²) in [7, 11) is -3.73. The summed E-state index contributed by atoms with van der Waals surface area (Å²) in [4.78, 5) is 11.8. The standard InChI is InChI=1S/C14H19ClN2O4S/c1-10-7-12(4-5-13(10)15)22(19,20)17-9-14(18)16-8-11-3-2-6-21-11/h4-5,7,11,17H,2-3,6,8-9H2,1H3,(H,16,18). The van der Waals surface area contributed by atoms with Crippen LogP contribution in [-0.4, -0.2) is 40.1 Å². The average Bonchev–Trinajstić information content (AvgIpc) is 2.99. The molecular weight excluding hydrogens is 328 g/mol. The predicted octanol–water partition coefficient (Wildman–Crippen LogP) is 1.22. The van der Waals surface area contributed by atoms with E-state index in [-0.39, 0.29) is 23.5 Å². The van der Waals surface area contributed by atoms with Gasteiger partial charge in [-0.1, -0.05) is 11.6 Å². The lowest BCUT2D eigenvalue weighted by Crippen LogP contribution is -2.39. The summed E-state index contributed by atoms with van der Waals surface area (Å²) in [6.07, 6.45) is 1.93. The zero-order valence-corrected chi connectivity index (χ0v) is 13.8. The Hall–Kier alpha value is -1.15. The fourth-order valence-corrected chi connectivity index (χ4v) is 3.31. The van der Waals surface area contributed by atoms with Crippen LogP contribution in [0, 0.1) is 6.92 Å². The zero-order valence-electron chi connectivity index (χ0n) is 12.3. The molecule has 1 heterocycles. The molecule has 1 aliphatic heterocycles. The lowest BCUT2D eigenvalue weighted by Gasteiger charge is -2.11. The third kappa shape index (κ3) is 4.67. The monoisotopic (exact) mass is 346 g/mol. The predicted molar refractivity (Wildman–Crippen MR) is 83.4 cm³/mol. The molecule has 8 heteroatoms. The highest BCUT2D eigenvalue weighted by atomic mass is 35.5. The van der Waals surface area contributed by atoms with Crippen LogP contribution in [0.25, 0.3) is 0 Å². The maximum Gasteiger partial charge on any atom is 0.241 e. The van der Waals surface area contributed by atoms with Crippen molar-refractivity contribution < 1.29 is 17.9 Å². The third-order valence-electron chi connectivity index (χ3n) is 3.41. The first kappa shape index (κ1) is 17.2. The van der Waals surface area contributed by atoms with Gasteiger partial charge < -0.3 is 10.1 Å². The molecule has 2 rings (SSSR count). The van der Waals surface area contributed by atoms with E-state index in [0.29, 0.717) is 23.7 Å². The first-order valence-corrected chi connectivity index (χ1v) is 8.89. The lowest BCUT2D eigenvalue weighted by atomic mass is 10.2. The Bertz CT molecular complexity index is 642. The van der Waals surface area contributed by atoms with Gasteiger partial charge in [0.25, 0.3) is 0 Å². The van der Waals surface area contributed by atoms with Crippen molar-refractivity contribution in [2.75, 3.05) is 19.7 Å². The molecule has 1 fully saturated rings. The fraction of sp³-hybridized carbons (Fsp3) is 0.500. The Labute approximate surface area is 135 Å². The summed E-state index contributed by atoms with van der Waals surface area (Å²) >= 11 is 5.87. The first-order chi connectivity index (χ1) is 10.4. The zero-order chi connectivity index (χ0) is 16.2. The lowest BCUT2D eigenvalue weighted by molar-refractivity contribution is -0.120. The number of carbonyl (C=O) groups excluding carboxylic acids is 1. The van der Waals surface area contributed by atoms with Gasteiger partial charge in [0.15, 0.2) is 0 Å². The van der Waals surface area contributed by atoms with Crippen LogP contribution in [0.4, 0.5) is 0 Å². The Morgan fingerprint density at radius 3 is 2.86 bits per heavy atom. The topological polar surface area (TPSA) is 84.5 Å². The first-order valence-electron chi connectivity index (χ1n) is 7.02. The quantitative estimate of drug-likeness (QED) is 0.811. The van der Waals surface area contributed by atoms with Gasteiger partial charge in [0.2, 0.25) is 15.9 Å². The molecule has 0 bridgehead atoms. The van der Waals surface area contributed by atoms with Gasteiger partial charge in [0.05, 0.1) is 17.5 Å². The molecular formula is C14H19ClN2O4S. The Balaban J connectivity index is 1.85. The van der Waals surface area contributed by atoms with Crippen molar-refractivity contribution in [1.29, 1.82) is 0 Å². The summed E-state index contributed by atoms with van der Waals surface area (Å²) in [5.74, 6) is -0.384. The van der Waals surface area contributed by atoms with Gasteiger partial charge >= 0.3 is 0 Å². The van der Waals surface area contributed by atoms with Crippen LogP contribution >= 0.6 is 11.6 Å². The minimum atomic E-state index is -3.73. The van der Waals surface area contributed by atoms with Crippen molar-refractivity contribution in [2.24, 2.45) is 0 Å². The van der Waals surface area contributed by atoms with Gasteiger partial charge in [0, 0.05) is 18.2 Å². The molecule has 122 valence electrons. The van der Waals surface area contributed by atoms with Crippen LogP contribution in [0.5, 0.6) is 0 Å². The van der Waals surface area contributed by atoms with Gasteiger partial charge in [-0.15, -0.1) is 0 Å². The normalized spacial score (nSPS) is 18.4. The highest BCUT2D eigenvalue weighted by Crippen LogP contribution is 2.19. The summed E-state index contributed by atoms with van der Waals surface area (Å²) in [5, 5.41) is 3.15. The molecule has 0 aromatic heterocycles. The molecule has 1 aromatic carbocycles. The van der Waals surface area contributed by atoms with E-state index in [1.807, 2.05) is 0 Å². The van der Waals surface area contributed by atoms with Gasteiger partial charge in [-0.3, -0.25) is 4.79 Å². The van der Waals surface area contributed by atoms with Crippen molar-refractivity contribution in [1.82, 2.24) is 10.0 Å². The molecule has 6 nitrogen and oxygen atoms in total. The number of amides is 1. The minimum Gasteiger partial charge on any atom is -0.376 e. The fourth-order valence-electron chi connectivity index (χ4n) is 2.12. The highest BCUT2D eigenvalue weighted by molar-refractivity contribution is 7.89. The number of aryl methyl sites for hydroxylation is 1. The number of hydrogen-bond acceptors (Lipinski definition) is 4. The van der Waals surface area contributed by atoms with E-state index in [0.717, 1.165) is 12.8 Å². The molecule has 22 heavy (non-hydrogen) atoms. The second-order valence-electron chi connectivity index (χ2n) is 5.17. The molecule has 1 amide bonds. The van der Waals surface area contributed by atoms with Gasteiger partial charge in [0.1, 0.15) is 0 Å². The van der Waals surface area contributed by atoms with Crippen LogP contribution < -0.4 is 10.0 Å². The van der Waals surface area contributed by atoms with Crippen molar-refractivity contribution in [2.45, 2.75) is 30.8 Å². The highest BCUT2D eigenvalue weighted by Gasteiger charge is 2.18. The Morgan fingerprint density at radius 2 is 2.23 bits per heavy atom.